The van der Waals surface area contributed by atoms with E-state index in [1.54, 1.807) is 13.8 Å². The summed E-state index contributed by atoms with van der Waals surface area (Å²) in [4.78, 5) is 9.96. The van der Waals surface area contributed by atoms with Gasteiger partial charge in [-0.05, 0) is 26.7 Å². The van der Waals surface area contributed by atoms with E-state index in [0.29, 0.717) is 12.8 Å². The van der Waals surface area contributed by atoms with E-state index in [2.05, 4.69) is 0 Å². The zero-order valence-corrected chi connectivity index (χ0v) is 8.65. The van der Waals surface area contributed by atoms with Crippen LogP contribution in [0.3, 0.4) is 0 Å². The topological polar surface area (TPSA) is 52.3 Å². The zero-order valence-electron chi connectivity index (χ0n) is 7.14. The average Bonchev–Trinajstić information content (AvgIpc) is 1.81. The molecule has 1 amide bonds. The smallest absolute Gasteiger partial charge is 0.405 e. The van der Waals surface area contributed by atoms with Crippen molar-refractivity contribution in [2.45, 2.75) is 37.1 Å². The summed E-state index contributed by atoms with van der Waals surface area (Å²) < 4.78 is 4.81. The van der Waals surface area contributed by atoms with Crippen molar-refractivity contribution in [1.82, 2.24) is 0 Å². The molecule has 3 nitrogen and oxygen atoms in total. The standard InChI is InChI=1S/C7H13Cl2NO2/c1-7(2,12-6(10)11)4-3-5(8)9/h5H,3-4H2,1-2H3,(H2,10,11). The fourth-order valence-corrected chi connectivity index (χ4v) is 0.998. The minimum absolute atomic E-state index is 0.430. The van der Waals surface area contributed by atoms with Gasteiger partial charge in [0.05, 0.1) is 0 Å². The Hall–Kier alpha value is -0.150. The van der Waals surface area contributed by atoms with Crippen LogP contribution in [0.1, 0.15) is 26.7 Å². The third-order valence-corrected chi connectivity index (χ3v) is 1.78. The van der Waals surface area contributed by atoms with Crippen LogP contribution in [0.5, 0.6) is 0 Å². The van der Waals surface area contributed by atoms with E-state index in [4.69, 9.17) is 33.7 Å². The van der Waals surface area contributed by atoms with Gasteiger partial charge in [0.1, 0.15) is 10.4 Å². The van der Waals surface area contributed by atoms with E-state index in [-0.39, 0.29) is 0 Å². The van der Waals surface area contributed by atoms with Crippen molar-refractivity contribution < 1.29 is 9.53 Å². The first-order valence-corrected chi connectivity index (χ1v) is 4.47. The van der Waals surface area contributed by atoms with Crippen LogP contribution in [0.2, 0.25) is 0 Å². The molecule has 0 aliphatic carbocycles. The molecule has 0 unspecified atom stereocenters. The number of nitrogens with two attached hydrogens (primary N) is 1. The fourth-order valence-electron chi connectivity index (χ4n) is 0.780. The van der Waals surface area contributed by atoms with Crippen molar-refractivity contribution in [3.63, 3.8) is 0 Å². The van der Waals surface area contributed by atoms with Crippen LogP contribution in [0.4, 0.5) is 4.79 Å². The first-order chi connectivity index (χ1) is 5.33. The predicted octanol–water partition coefficient (Wildman–Crippen LogP) is 2.44. The summed E-state index contributed by atoms with van der Waals surface area (Å²) in [5, 5.41) is 0. The van der Waals surface area contributed by atoms with E-state index in [0.717, 1.165) is 0 Å². The van der Waals surface area contributed by atoms with Gasteiger partial charge in [0.2, 0.25) is 0 Å². The van der Waals surface area contributed by atoms with Gasteiger partial charge in [-0.15, -0.1) is 23.2 Å². The first-order valence-electron chi connectivity index (χ1n) is 3.60. The highest BCUT2D eigenvalue weighted by Crippen LogP contribution is 2.21. The maximum atomic E-state index is 10.4. The van der Waals surface area contributed by atoms with Crippen molar-refractivity contribution in [1.29, 1.82) is 0 Å². The maximum Gasteiger partial charge on any atom is 0.405 e. The lowest BCUT2D eigenvalue weighted by Crippen LogP contribution is -2.31. The molecule has 5 heteroatoms. The van der Waals surface area contributed by atoms with E-state index in [1.165, 1.54) is 0 Å². The molecule has 0 aromatic rings. The molecule has 0 saturated carbocycles. The van der Waals surface area contributed by atoms with Crippen molar-refractivity contribution in [2.75, 3.05) is 0 Å². The van der Waals surface area contributed by atoms with Crippen LogP contribution < -0.4 is 5.73 Å². The van der Waals surface area contributed by atoms with Gasteiger partial charge in [-0.2, -0.15) is 0 Å². The van der Waals surface area contributed by atoms with Gasteiger partial charge in [0.25, 0.3) is 0 Å². The van der Waals surface area contributed by atoms with Gasteiger partial charge in [0, 0.05) is 0 Å². The highest BCUT2D eigenvalue weighted by Gasteiger charge is 2.22. The quantitative estimate of drug-likeness (QED) is 0.730. The molecule has 0 atom stereocenters. The first kappa shape index (κ1) is 11.8. The van der Waals surface area contributed by atoms with Crippen LogP contribution in [-0.2, 0) is 4.74 Å². The van der Waals surface area contributed by atoms with E-state index in [1.807, 2.05) is 0 Å². The number of primary amides is 1. The van der Waals surface area contributed by atoms with Crippen molar-refractivity contribution in [3.05, 3.63) is 0 Å². The Bertz CT molecular complexity index is 159. The molecule has 0 radical (unpaired) electrons. The lowest BCUT2D eigenvalue weighted by Gasteiger charge is -2.23. The molecule has 0 fully saturated rings. The fraction of sp³-hybridized carbons (Fsp3) is 0.857. The second-order valence-electron chi connectivity index (χ2n) is 3.11. The minimum atomic E-state index is -0.777. The molecule has 72 valence electrons. The second kappa shape index (κ2) is 4.77. The number of carbonyl (C=O) groups is 1. The number of amides is 1. The van der Waals surface area contributed by atoms with Gasteiger partial charge in [-0.1, -0.05) is 0 Å². The highest BCUT2D eigenvalue weighted by molar-refractivity contribution is 6.44. The van der Waals surface area contributed by atoms with Crippen molar-refractivity contribution in [3.8, 4) is 0 Å². The number of alkyl halides is 2. The largest absolute Gasteiger partial charge is 0.444 e. The minimum Gasteiger partial charge on any atom is -0.444 e. The zero-order chi connectivity index (χ0) is 9.78. The molecule has 0 saturated heterocycles. The number of hydrogen-bond donors (Lipinski definition) is 1. The van der Waals surface area contributed by atoms with E-state index < -0.39 is 16.5 Å². The number of halogens is 2. The highest BCUT2D eigenvalue weighted by atomic mass is 35.5. The van der Waals surface area contributed by atoms with E-state index in [9.17, 15) is 4.79 Å². The Balaban J connectivity index is 3.78. The summed E-state index contributed by atoms with van der Waals surface area (Å²) in [6, 6.07) is 0. The van der Waals surface area contributed by atoms with Crippen LogP contribution in [0.15, 0.2) is 0 Å². The summed E-state index contributed by atoms with van der Waals surface area (Å²) >= 11 is 11.0. The van der Waals surface area contributed by atoms with Gasteiger partial charge >= 0.3 is 6.09 Å². The molecule has 12 heavy (non-hydrogen) atoms. The van der Waals surface area contributed by atoms with E-state index >= 15 is 0 Å². The Morgan fingerprint density at radius 3 is 2.42 bits per heavy atom. The predicted molar refractivity (Wildman–Crippen MR) is 49.5 cm³/mol. The SMILES string of the molecule is CC(C)(CCC(Cl)Cl)OC(N)=O. The van der Waals surface area contributed by atoms with Gasteiger partial charge in [0.15, 0.2) is 0 Å². The summed E-state index contributed by atoms with van der Waals surface area (Å²) in [5.74, 6) is 0. The van der Waals surface area contributed by atoms with Crippen LogP contribution in [0.25, 0.3) is 0 Å². The summed E-state index contributed by atoms with van der Waals surface area (Å²) in [7, 11) is 0. The van der Waals surface area contributed by atoms with Gasteiger partial charge in [-0.3, -0.25) is 0 Å². The second-order valence-corrected chi connectivity index (χ2v) is 4.39. The molecule has 0 aliphatic rings. The third-order valence-electron chi connectivity index (χ3n) is 1.34. The molecule has 0 rings (SSSR count). The Kier molecular flexibility index (Phi) is 4.71. The maximum absolute atomic E-state index is 10.4. The molecule has 2 N–H and O–H groups in total. The lowest BCUT2D eigenvalue weighted by atomic mass is 10.0. The van der Waals surface area contributed by atoms with Gasteiger partial charge in [-0.25, -0.2) is 4.79 Å². The van der Waals surface area contributed by atoms with Crippen LogP contribution in [-0.4, -0.2) is 16.5 Å². The molecule has 0 aromatic carbocycles. The molecule has 0 aromatic heterocycles. The Morgan fingerprint density at radius 1 is 1.58 bits per heavy atom. The number of ether oxygens (including phenoxy) is 1. The Morgan fingerprint density at radius 2 is 2.08 bits per heavy atom. The number of hydrogen-bond acceptors (Lipinski definition) is 2. The molecule has 0 aliphatic heterocycles. The average molecular weight is 214 g/mol. The van der Waals surface area contributed by atoms with Crippen LogP contribution >= 0.6 is 23.2 Å². The monoisotopic (exact) mass is 213 g/mol. The molecule has 0 bridgehead atoms. The summed E-state index contributed by atoms with van der Waals surface area (Å²) in [5.41, 5.74) is 4.27. The number of carbonyl (C=O) groups excluding carboxylic acids is 1. The summed E-state index contributed by atoms with van der Waals surface area (Å²) in [6.07, 6.45) is 0.387. The molecular weight excluding hydrogens is 201 g/mol. The van der Waals surface area contributed by atoms with Crippen molar-refractivity contribution >= 4 is 29.3 Å². The normalized spacial score (nSPS) is 11.8. The summed E-state index contributed by atoms with van der Waals surface area (Å²) in [6.45, 7) is 3.52. The third kappa shape index (κ3) is 6.55. The van der Waals surface area contributed by atoms with Gasteiger partial charge < -0.3 is 10.5 Å². The van der Waals surface area contributed by atoms with Crippen molar-refractivity contribution in [2.24, 2.45) is 5.73 Å². The molecule has 0 heterocycles. The lowest BCUT2D eigenvalue weighted by molar-refractivity contribution is 0.0384. The molecular formula is C7H13Cl2NO2. The Labute approximate surface area is 82.2 Å². The number of rotatable bonds is 4. The molecule has 0 spiro atoms. The van der Waals surface area contributed by atoms with Crippen LogP contribution in [0, 0.1) is 0 Å².